The molecule has 13 rings (SSSR count). The van der Waals surface area contributed by atoms with Gasteiger partial charge in [0, 0.05) is 125 Å². The Labute approximate surface area is 749 Å². The quantitative estimate of drug-likeness (QED) is 0.0553. The minimum atomic E-state index is -2.03. The number of methoxy groups -OCH3 is 2. The van der Waals surface area contributed by atoms with Gasteiger partial charge in [0.15, 0.2) is 23.0 Å². The van der Waals surface area contributed by atoms with Crippen LogP contribution in [0.5, 0.6) is 23.0 Å². The number of amides is 17. The van der Waals surface area contributed by atoms with E-state index in [1.165, 1.54) is 45.1 Å². The first-order valence-corrected chi connectivity index (χ1v) is 42.9. The fraction of sp³-hybridized carbons (Fsp3) is 0.451. The van der Waals surface area contributed by atoms with Gasteiger partial charge in [0.05, 0.1) is 56.7 Å². The van der Waals surface area contributed by atoms with Crippen molar-refractivity contribution in [1.82, 2.24) is 62.1 Å². The maximum atomic E-state index is 14.9. The van der Waals surface area contributed by atoms with E-state index in [2.05, 4.69) is 66.3 Å². The summed E-state index contributed by atoms with van der Waals surface area (Å²) in [6, 6.07) is 9.13. The number of ether oxygens (including phenoxy) is 6. The summed E-state index contributed by atoms with van der Waals surface area (Å²) in [4.78, 5) is 254. The Bertz CT molecular complexity index is 5190. The highest BCUT2D eigenvalue weighted by Crippen LogP contribution is 2.47. The zero-order valence-corrected chi connectivity index (χ0v) is 73.8. The predicted molar refractivity (Wildman–Crippen MR) is 466 cm³/mol. The van der Waals surface area contributed by atoms with Crippen molar-refractivity contribution in [1.29, 1.82) is 0 Å². The summed E-state index contributed by atoms with van der Waals surface area (Å²) in [6.07, 6.45) is 2.12. The van der Waals surface area contributed by atoms with Crippen LogP contribution in [0.15, 0.2) is 121 Å². The Morgan fingerprint density at radius 2 is 0.938 bits per heavy atom. The first-order valence-electron chi connectivity index (χ1n) is 42.9. The molecule has 4 aromatic carbocycles. The van der Waals surface area contributed by atoms with Crippen LogP contribution < -0.4 is 77.0 Å². The fourth-order valence-electron chi connectivity index (χ4n) is 15.9. The first kappa shape index (κ1) is 96.3. The summed E-state index contributed by atoms with van der Waals surface area (Å²) in [5.74, 6) is -13.1. The monoisotopic (exact) mass is 1800 g/mol. The van der Waals surface area contributed by atoms with E-state index in [0.29, 0.717) is 40.9 Å². The number of rotatable bonds is 12. The first-order chi connectivity index (χ1) is 61.9. The Morgan fingerprint density at radius 3 is 1.39 bits per heavy atom. The molecule has 9 aliphatic heterocycles. The van der Waals surface area contributed by atoms with Crippen LogP contribution in [-0.2, 0) is 100 Å². The fourth-order valence-corrected chi connectivity index (χ4v) is 15.9. The molecular weight excluding hydrogens is 1690 g/mol. The van der Waals surface area contributed by atoms with Gasteiger partial charge in [-0.15, -0.1) is 0 Å². The van der Waals surface area contributed by atoms with Crippen LogP contribution in [-0.4, -0.2) is 248 Å². The molecule has 39 nitrogen and oxygen atoms in total. The second-order valence-corrected chi connectivity index (χ2v) is 33.6. The maximum Gasteiger partial charge on any atom is 0.414 e. The second-order valence-electron chi connectivity index (χ2n) is 33.6. The van der Waals surface area contributed by atoms with Crippen LogP contribution >= 0.6 is 0 Å². The molecule has 0 aromatic heterocycles. The minimum absolute atomic E-state index is 0.00818. The Kier molecular flexibility index (Phi) is 31.9. The van der Waals surface area contributed by atoms with Gasteiger partial charge in [-0.25, -0.2) is 4.79 Å². The highest BCUT2D eigenvalue weighted by Gasteiger charge is 2.50. The van der Waals surface area contributed by atoms with Crippen molar-refractivity contribution in [3.05, 3.63) is 149 Å². The van der Waals surface area contributed by atoms with Crippen LogP contribution in [0, 0.1) is 11.8 Å². The van der Waals surface area contributed by atoms with Gasteiger partial charge in [0.1, 0.15) is 49.5 Å². The van der Waals surface area contributed by atoms with Gasteiger partial charge < -0.3 is 91.4 Å². The summed E-state index contributed by atoms with van der Waals surface area (Å²) in [5, 5.41) is 25.9. The zero-order chi connectivity index (χ0) is 94.1. The van der Waals surface area contributed by atoms with Crippen molar-refractivity contribution >= 4 is 124 Å². The van der Waals surface area contributed by atoms with E-state index in [0.717, 1.165) is 45.3 Å². The van der Waals surface area contributed by atoms with Crippen molar-refractivity contribution in [3.63, 3.8) is 0 Å². The number of hydrogen-bond acceptors (Lipinski definition) is 24. The van der Waals surface area contributed by atoms with E-state index in [1.807, 2.05) is 0 Å². The zero-order valence-electron chi connectivity index (χ0n) is 73.8. The van der Waals surface area contributed by atoms with Gasteiger partial charge in [0.25, 0.3) is 35.4 Å². The number of imide groups is 2. The van der Waals surface area contributed by atoms with E-state index >= 15 is 0 Å². The topological polar surface area (TPSA) is 499 Å². The summed E-state index contributed by atoms with van der Waals surface area (Å²) in [7, 11) is 2.83. The molecule has 130 heavy (non-hydrogen) atoms. The molecule has 2 saturated heterocycles. The average molecular weight is 1800 g/mol. The average Bonchev–Trinajstić information content (AvgIpc) is 1.56. The lowest BCUT2D eigenvalue weighted by atomic mass is 9.75. The van der Waals surface area contributed by atoms with E-state index in [9.17, 15) is 86.3 Å². The minimum Gasteiger partial charge on any atom is -0.493 e. The molecule has 10 N–H and O–H groups in total. The standard InChI is InChI=1S/C91H109N15O24/c1-49(2)77-85(119)94-53(7)81(115)96-57-21-17-55(18-22-57)47-129-89(123)91(9)43-59-37-51(5)44-104(59)87(121)61-39-65(125-10)67(41-63(61)91)127-35-14-36-128-68-42-64-62(40-66(68)126-11)88(122)105-45-52(6)38-60(105)46-106(64)90(124)130-48-56-19-23-58(24-20-56)97-82(116)54(8)95-86(120)78(50(3)4)99-70(108)16-13-32-93-84(118)80(101-72(110)30-34-103-75(113)27-28-76(103)114)79(83(117)92-31-12-15-69(107)98-77)100-71(109)29-33-102-73(111)25-26-74(102)112/h17-28,39-42,49-50,53-54,59-60,77-80H,5-6,12-16,29-38,43-48H2,1-4,7-11H3,(H,92,117)(H,93,118)(H,94,119)(H,95,120)(H,96,115)(H,97,116)(H,98,107)(H,99,108)(H,100,109)(H,101,110)/t53-,54-,59-,60-,77-,78-,79-,80+,91?/m0/s1. The molecule has 17 amide bonds. The van der Waals surface area contributed by atoms with E-state index in [-0.39, 0.29) is 149 Å². The van der Waals surface area contributed by atoms with E-state index in [4.69, 9.17) is 28.4 Å². The molecule has 0 radical (unpaired) electrons. The van der Waals surface area contributed by atoms with Crippen molar-refractivity contribution in [2.24, 2.45) is 11.8 Å². The van der Waals surface area contributed by atoms with Gasteiger partial charge in [-0.3, -0.25) is 96.2 Å². The molecule has 0 saturated carbocycles. The lowest BCUT2D eigenvalue weighted by Gasteiger charge is -2.30. The SMILES string of the molecule is C=C1C[C@H]2CN3C(=O)OCc4ccc(cc4)NC(=O)[C@H](C)NC(=O)[C@H](C(C)C)NC(=O)CCCNC(=O)[C@H](NC(=O)CCN4C(=O)C=CC4=O)[C@H](NC(=O)CCN4C(=O)C=CC4=O)C(=O)NCCCC(=O)N[C@@H](C(C)C)C(=O)N[C@@H](C)C(=O)Nc4ccc(cc4)COC(=O)C4(C)C[C@@H]5CC(=C)CN5C(=O)c5cc(OC)c(cc54)OCCCOc4cc3c(cc4OC)C(=O)N2C1. The van der Waals surface area contributed by atoms with Gasteiger partial charge in [-0.05, 0) is 124 Å². The maximum absolute atomic E-state index is 14.9. The molecule has 2 fully saturated rings. The number of anilines is 3. The number of carbonyl (C=O) groups excluding carboxylic acids is 18. The number of esters is 1. The highest BCUT2D eigenvalue weighted by molar-refractivity contribution is 6.14. The molecule has 4 aromatic rings. The normalized spacial score (nSPS) is 23.8. The second kappa shape index (κ2) is 43.0. The van der Waals surface area contributed by atoms with Crippen LogP contribution in [0.4, 0.5) is 21.9 Å². The van der Waals surface area contributed by atoms with Crippen LogP contribution in [0.3, 0.4) is 0 Å². The largest absolute Gasteiger partial charge is 0.493 e. The summed E-state index contributed by atoms with van der Waals surface area (Å²) in [5.41, 5.74) is 2.57. The summed E-state index contributed by atoms with van der Waals surface area (Å²) < 4.78 is 36.4. The van der Waals surface area contributed by atoms with Crippen LogP contribution in [0.25, 0.3) is 0 Å². The molecule has 0 aliphatic carbocycles. The van der Waals surface area contributed by atoms with Crippen molar-refractivity contribution < 1.29 is 115 Å². The van der Waals surface area contributed by atoms with Crippen LogP contribution in [0.1, 0.15) is 150 Å². The van der Waals surface area contributed by atoms with Crippen molar-refractivity contribution in [2.45, 2.75) is 180 Å². The smallest absolute Gasteiger partial charge is 0.414 e. The number of nitrogens with zero attached hydrogens (tertiary/aromatic N) is 5. The van der Waals surface area contributed by atoms with E-state index < -0.39 is 186 Å². The molecule has 9 heterocycles. The summed E-state index contributed by atoms with van der Waals surface area (Å²) in [6.45, 7) is 17.8. The van der Waals surface area contributed by atoms with Gasteiger partial charge >= 0.3 is 12.1 Å². The van der Waals surface area contributed by atoms with Crippen molar-refractivity contribution in [2.75, 3.05) is 88.8 Å². The molecule has 9 atom stereocenters. The Morgan fingerprint density at radius 1 is 0.515 bits per heavy atom. The number of nitrogens with one attached hydrogen (secondary N) is 10. The van der Waals surface area contributed by atoms with Crippen molar-refractivity contribution in [3.8, 4) is 23.0 Å². The molecule has 39 heteroatoms. The Hall–Kier alpha value is -14.3. The van der Waals surface area contributed by atoms with Gasteiger partial charge in [-0.2, -0.15) is 0 Å². The van der Waals surface area contributed by atoms with E-state index in [1.54, 1.807) is 105 Å². The molecule has 1 unspecified atom stereocenters. The molecular formula is C91H109N15O24. The summed E-state index contributed by atoms with van der Waals surface area (Å²) >= 11 is 0. The molecule has 692 valence electrons. The lowest BCUT2D eigenvalue weighted by Crippen LogP contribution is -2.64. The molecule has 0 spiro atoms. The van der Waals surface area contributed by atoms with Gasteiger partial charge in [-0.1, -0.05) is 76.3 Å². The molecule has 9 aliphatic rings. The Balaban J connectivity index is 0.821. The predicted octanol–water partition coefficient (Wildman–Crippen LogP) is 3.23. The van der Waals surface area contributed by atoms with Crippen LogP contribution in [0.2, 0.25) is 0 Å². The third-order valence-corrected chi connectivity index (χ3v) is 23.1. The number of benzene rings is 4. The number of fused-ring (bicyclic) bond motifs is 4. The third-order valence-electron chi connectivity index (χ3n) is 23.1. The lowest BCUT2D eigenvalue weighted by molar-refractivity contribution is -0.152. The molecule has 8 bridgehead atoms. The highest BCUT2D eigenvalue weighted by atomic mass is 16.6. The van der Waals surface area contributed by atoms with Gasteiger partial charge in [0.2, 0.25) is 59.1 Å². The third kappa shape index (κ3) is 23.7. The number of carbonyl (C=O) groups is 18. The number of hydrogen-bond donors (Lipinski definition) is 10.